The highest BCUT2D eigenvalue weighted by atomic mass is 35.5. The number of halogens is 2. The normalized spacial score (nSPS) is 10.2. The van der Waals surface area contributed by atoms with Crippen molar-refractivity contribution < 1.29 is 14.1 Å². The van der Waals surface area contributed by atoms with Crippen molar-refractivity contribution in [1.29, 1.82) is 0 Å². The van der Waals surface area contributed by atoms with E-state index in [0.29, 0.717) is 5.56 Å². The van der Waals surface area contributed by atoms with E-state index in [1.54, 1.807) is 6.92 Å². The zero-order valence-corrected chi connectivity index (χ0v) is 11.6. The molecule has 2 rings (SSSR count). The van der Waals surface area contributed by atoms with Gasteiger partial charge in [0.25, 0.3) is 11.6 Å². The molecule has 21 heavy (non-hydrogen) atoms. The molecule has 0 aromatic heterocycles. The fourth-order valence-corrected chi connectivity index (χ4v) is 1.92. The van der Waals surface area contributed by atoms with Crippen LogP contribution in [0.4, 0.5) is 15.8 Å². The van der Waals surface area contributed by atoms with Gasteiger partial charge in [0.05, 0.1) is 15.6 Å². The van der Waals surface area contributed by atoms with Gasteiger partial charge in [-0.05, 0) is 25.1 Å². The van der Waals surface area contributed by atoms with Gasteiger partial charge >= 0.3 is 0 Å². The number of nitro benzene ring substituents is 1. The number of aryl methyl sites for hydroxylation is 1. The fraction of sp³-hybridized carbons (Fsp3) is 0.0714. The number of carbonyl (C=O) groups excluding carboxylic acids is 1. The number of nitrogens with zero attached hydrogens (tertiary/aromatic N) is 1. The molecule has 0 fully saturated rings. The third kappa shape index (κ3) is 3.17. The van der Waals surface area contributed by atoms with Gasteiger partial charge in [-0.25, -0.2) is 4.39 Å². The van der Waals surface area contributed by atoms with Crippen molar-refractivity contribution in [3.63, 3.8) is 0 Å². The zero-order chi connectivity index (χ0) is 15.6. The Kier molecular flexibility index (Phi) is 4.18. The van der Waals surface area contributed by atoms with Crippen LogP contribution in [0, 0.1) is 22.9 Å². The van der Waals surface area contributed by atoms with Crippen LogP contribution < -0.4 is 5.32 Å². The van der Waals surface area contributed by atoms with Crippen molar-refractivity contribution in [2.45, 2.75) is 6.92 Å². The van der Waals surface area contributed by atoms with E-state index >= 15 is 0 Å². The lowest BCUT2D eigenvalue weighted by Crippen LogP contribution is -2.13. The van der Waals surface area contributed by atoms with Gasteiger partial charge in [0.1, 0.15) is 0 Å². The lowest BCUT2D eigenvalue weighted by Gasteiger charge is -2.07. The quantitative estimate of drug-likeness (QED) is 0.689. The van der Waals surface area contributed by atoms with Crippen LogP contribution in [0.1, 0.15) is 15.9 Å². The highest BCUT2D eigenvalue weighted by Gasteiger charge is 2.16. The predicted octanol–water partition coefficient (Wildman–Crippen LogP) is 3.95. The van der Waals surface area contributed by atoms with E-state index in [2.05, 4.69) is 5.32 Å². The highest BCUT2D eigenvalue weighted by molar-refractivity contribution is 6.31. The fourth-order valence-electron chi connectivity index (χ4n) is 1.74. The Labute approximate surface area is 124 Å². The second-order valence-corrected chi connectivity index (χ2v) is 4.72. The second kappa shape index (κ2) is 5.88. The molecule has 0 heterocycles. The van der Waals surface area contributed by atoms with E-state index in [1.807, 2.05) is 0 Å². The average molecular weight is 309 g/mol. The number of anilines is 1. The molecule has 0 bridgehead atoms. The van der Waals surface area contributed by atoms with E-state index in [1.165, 1.54) is 30.3 Å². The van der Waals surface area contributed by atoms with Gasteiger partial charge in [-0.15, -0.1) is 0 Å². The molecule has 0 aliphatic rings. The maximum absolute atomic E-state index is 13.7. The van der Waals surface area contributed by atoms with Crippen LogP contribution >= 0.6 is 11.6 Å². The summed E-state index contributed by atoms with van der Waals surface area (Å²) in [7, 11) is 0. The number of carbonyl (C=O) groups is 1. The van der Waals surface area contributed by atoms with Gasteiger partial charge in [0, 0.05) is 17.2 Å². The molecular formula is C14H10ClFN2O3. The summed E-state index contributed by atoms with van der Waals surface area (Å²) in [5.41, 5.74) is 0.238. The van der Waals surface area contributed by atoms with E-state index < -0.39 is 16.6 Å². The first-order chi connectivity index (χ1) is 9.90. The monoisotopic (exact) mass is 308 g/mol. The van der Waals surface area contributed by atoms with Crippen molar-refractivity contribution in [3.8, 4) is 0 Å². The number of nitro groups is 1. The van der Waals surface area contributed by atoms with E-state index in [4.69, 9.17) is 11.6 Å². The Morgan fingerprint density at radius 3 is 2.71 bits per heavy atom. The molecule has 0 spiro atoms. The minimum Gasteiger partial charge on any atom is -0.319 e. The lowest BCUT2D eigenvalue weighted by molar-refractivity contribution is -0.385. The minimum absolute atomic E-state index is 0.0617. The Morgan fingerprint density at radius 1 is 1.33 bits per heavy atom. The molecule has 0 saturated heterocycles. The molecule has 0 unspecified atom stereocenters. The smallest absolute Gasteiger partial charge is 0.273 e. The molecule has 1 amide bonds. The Bertz CT molecular complexity index is 734. The van der Waals surface area contributed by atoms with Crippen molar-refractivity contribution >= 4 is 28.9 Å². The van der Waals surface area contributed by atoms with E-state index in [0.717, 1.165) is 6.07 Å². The molecule has 0 aliphatic heterocycles. The summed E-state index contributed by atoms with van der Waals surface area (Å²) in [5.74, 6) is -1.41. The number of nitrogens with one attached hydrogen (secondary N) is 1. The first-order valence-corrected chi connectivity index (χ1v) is 6.28. The molecule has 0 aliphatic carbocycles. The molecule has 2 aromatic rings. The summed E-state index contributed by atoms with van der Waals surface area (Å²) in [4.78, 5) is 22.3. The number of benzene rings is 2. The van der Waals surface area contributed by atoms with Crippen LogP contribution in [0.15, 0.2) is 36.4 Å². The van der Waals surface area contributed by atoms with Crippen LogP contribution in [0.5, 0.6) is 0 Å². The van der Waals surface area contributed by atoms with E-state index in [9.17, 15) is 19.3 Å². The summed E-state index contributed by atoms with van der Waals surface area (Å²) in [5, 5.41) is 13.1. The molecule has 0 atom stereocenters. The van der Waals surface area contributed by atoms with Gasteiger partial charge in [-0.2, -0.15) is 0 Å². The third-order valence-corrected chi connectivity index (χ3v) is 3.16. The highest BCUT2D eigenvalue weighted by Crippen LogP contribution is 2.24. The Balaban J connectivity index is 2.31. The van der Waals surface area contributed by atoms with Crippen LogP contribution in [-0.2, 0) is 0 Å². The topological polar surface area (TPSA) is 72.2 Å². The zero-order valence-electron chi connectivity index (χ0n) is 10.9. The number of hydrogen-bond donors (Lipinski definition) is 1. The maximum atomic E-state index is 13.7. The molecule has 2 aromatic carbocycles. The maximum Gasteiger partial charge on any atom is 0.273 e. The molecule has 108 valence electrons. The van der Waals surface area contributed by atoms with Gasteiger partial charge in [0.15, 0.2) is 5.82 Å². The Morgan fingerprint density at radius 2 is 2.05 bits per heavy atom. The first kappa shape index (κ1) is 14.9. The summed E-state index contributed by atoms with van der Waals surface area (Å²) >= 11 is 5.62. The average Bonchev–Trinajstić information content (AvgIpc) is 2.44. The summed E-state index contributed by atoms with van der Waals surface area (Å²) in [6.45, 7) is 1.57. The predicted molar refractivity (Wildman–Crippen MR) is 77.2 cm³/mol. The number of amides is 1. The molecule has 7 heteroatoms. The van der Waals surface area contributed by atoms with Gasteiger partial charge in [-0.1, -0.05) is 23.7 Å². The van der Waals surface area contributed by atoms with Crippen LogP contribution in [0.3, 0.4) is 0 Å². The van der Waals surface area contributed by atoms with Gasteiger partial charge < -0.3 is 5.32 Å². The third-order valence-electron chi connectivity index (χ3n) is 2.87. The summed E-state index contributed by atoms with van der Waals surface area (Å²) in [6, 6.07) is 8.22. The molecule has 0 radical (unpaired) electrons. The molecule has 1 N–H and O–H groups in total. The molecular weight excluding hydrogens is 299 g/mol. The minimum atomic E-state index is -0.755. The van der Waals surface area contributed by atoms with Crippen LogP contribution in [0.2, 0.25) is 5.02 Å². The number of hydrogen-bond acceptors (Lipinski definition) is 3. The lowest BCUT2D eigenvalue weighted by atomic mass is 10.1. The van der Waals surface area contributed by atoms with Crippen LogP contribution in [-0.4, -0.2) is 10.8 Å². The van der Waals surface area contributed by atoms with Gasteiger partial charge in [0.2, 0.25) is 0 Å². The summed E-state index contributed by atoms with van der Waals surface area (Å²) < 4.78 is 13.7. The van der Waals surface area contributed by atoms with Crippen molar-refractivity contribution in [3.05, 3.63) is 68.5 Å². The SMILES string of the molecule is Cc1ccc(C(=O)Nc2cccc(Cl)c2F)cc1[N+](=O)[O-]. The molecule has 0 saturated carbocycles. The van der Waals surface area contributed by atoms with Crippen molar-refractivity contribution in [2.75, 3.05) is 5.32 Å². The Hall–Kier alpha value is -2.47. The standard InChI is InChI=1S/C14H10ClFN2O3/c1-8-5-6-9(7-12(8)18(20)21)14(19)17-11-4-2-3-10(15)13(11)16/h2-7H,1H3,(H,17,19). The molecule has 5 nitrogen and oxygen atoms in total. The largest absolute Gasteiger partial charge is 0.319 e. The van der Waals surface area contributed by atoms with Crippen molar-refractivity contribution in [1.82, 2.24) is 0 Å². The first-order valence-electron chi connectivity index (χ1n) is 5.90. The van der Waals surface area contributed by atoms with Gasteiger partial charge in [-0.3, -0.25) is 14.9 Å². The van der Waals surface area contributed by atoms with Crippen molar-refractivity contribution in [2.24, 2.45) is 0 Å². The van der Waals surface area contributed by atoms with Crippen LogP contribution in [0.25, 0.3) is 0 Å². The van der Waals surface area contributed by atoms with E-state index in [-0.39, 0.29) is 22.0 Å². The summed E-state index contributed by atoms with van der Waals surface area (Å²) in [6.07, 6.45) is 0. The second-order valence-electron chi connectivity index (χ2n) is 4.31. The number of rotatable bonds is 3.